The fraction of sp³-hybridized carbons (Fsp3) is 0.467. The van der Waals surface area contributed by atoms with E-state index in [0.717, 1.165) is 23.2 Å². The van der Waals surface area contributed by atoms with E-state index in [-0.39, 0.29) is 24.2 Å². The van der Waals surface area contributed by atoms with Gasteiger partial charge in [0.05, 0.1) is 0 Å². The van der Waals surface area contributed by atoms with Gasteiger partial charge in [0.15, 0.2) is 0 Å². The van der Waals surface area contributed by atoms with Crippen LogP contribution in [0.5, 0.6) is 0 Å². The first-order chi connectivity index (χ1) is 10.1. The molecule has 1 aliphatic rings. The second-order valence-electron chi connectivity index (χ2n) is 4.96. The van der Waals surface area contributed by atoms with Crippen molar-refractivity contribution in [3.63, 3.8) is 0 Å². The van der Waals surface area contributed by atoms with Crippen molar-refractivity contribution in [1.29, 1.82) is 0 Å². The van der Waals surface area contributed by atoms with E-state index in [1.807, 2.05) is 31.2 Å². The molecule has 0 aromatic heterocycles. The van der Waals surface area contributed by atoms with E-state index in [1.165, 1.54) is 0 Å². The molecule has 5 nitrogen and oxygen atoms in total. The average Bonchev–Trinajstić information content (AvgIpc) is 2.85. The molecule has 0 radical (unpaired) electrons. The van der Waals surface area contributed by atoms with E-state index in [4.69, 9.17) is 0 Å². The van der Waals surface area contributed by atoms with E-state index in [2.05, 4.69) is 26.6 Å². The molecule has 1 saturated heterocycles. The molecule has 122 valence electrons. The van der Waals surface area contributed by atoms with Crippen LogP contribution in [-0.2, 0) is 9.59 Å². The Morgan fingerprint density at radius 3 is 2.86 bits per heavy atom. The van der Waals surface area contributed by atoms with Gasteiger partial charge in [-0.05, 0) is 31.2 Å². The van der Waals surface area contributed by atoms with Crippen LogP contribution in [0.25, 0.3) is 0 Å². The SMILES string of the molecule is CCNCCNC(=O)C1CCN(c2cccc(Br)c2)C1=O.Cl. The monoisotopic (exact) mass is 389 g/mol. The van der Waals surface area contributed by atoms with E-state index < -0.39 is 5.92 Å². The summed E-state index contributed by atoms with van der Waals surface area (Å²) in [6.45, 7) is 4.74. The maximum absolute atomic E-state index is 12.4. The standard InChI is InChI=1S/C15H20BrN3O2.ClH/c1-2-17-7-8-18-14(20)13-6-9-19(15(13)21)12-5-3-4-11(16)10-12;/h3-5,10,13,17H,2,6-9H2,1H3,(H,18,20);1H. The van der Waals surface area contributed by atoms with Crippen molar-refractivity contribution in [2.75, 3.05) is 31.1 Å². The first-order valence-electron chi connectivity index (χ1n) is 7.19. The van der Waals surface area contributed by atoms with Gasteiger partial charge in [0.2, 0.25) is 11.8 Å². The number of amides is 2. The Morgan fingerprint density at radius 1 is 1.41 bits per heavy atom. The third-order valence-electron chi connectivity index (χ3n) is 3.49. The number of hydrogen-bond acceptors (Lipinski definition) is 3. The van der Waals surface area contributed by atoms with Gasteiger partial charge in [-0.2, -0.15) is 0 Å². The largest absolute Gasteiger partial charge is 0.354 e. The summed E-state index contributed by atoms with van der Waals surface area (Å²) in [6, 6.07) is 7.57. The average molecular weight is 391 g/mol. The summed E-state index contributed by atoms with van der Waals surface area (Å²) >= 11 is 3.40. The highest BCUT2D eigenvalue weighted by molar-refractivity contribution is 9.10. The lowest BCUT2D eigenvalue weighted by molar-refractivity contribution is -0.132. The number of halogens is 2. The first-order valence-corrected chi connectivity index (χ1v) is 7.98. The molecule has 1 fully saturated rings. The van der Waals surface area contributed by atoms with Crippen LogP contribution in [0, 0.1) is 5.92 Å². The third-order valence-corrected chi connectivity index (χ3v) is 3.99. The summed E-state index contributed by atoms with van der Waals surface area (Å²) in [4.78, 5) is 26.1. The maximum Gasteiger partial charge on any atom is 0.239 e. The van der Waals surface area contributed by atoms with Crippen molar-refractivity contribution in [2.45, 2.75) is 13.3 Å². The zero-order valence-corrected chi connectivity index (χ0v) is 14.9. The summed E-state index contributed by atoms with van der Waals surface area (Å²) in [5.41, 5.74) is 0.831. The van der Waals surface area contributed by atoms with Gasteiger partial charge in [-0.3, -0.25) is 9.59 Å². The van der Waals surface area contributed by atoms with Crippen molar-refractivity contribution in [3.8, 4) is 0 Å². The van der Waals surface area contributed by atoms with Crippen molar-refractivity contribution < 1.29 is 9.59 Å². The number of carbonyl (C=O) groups excluding carboxylic acids is 2. The van der Waals surface area contributed by atoms with Gasteiger partial charge >= 0.3 is 0 Å². The Hall–Kier alpha value is -1.11. The zero-order chi connectivity index (χ0) is 15.2. The topological polar surface area (TPSA) is 61.4 Å². The number of benzene rings is 1. The maximum atomic E-state index is 12.4. The predicted molar refractivity (Wildman–Crippen MR) is 93.4 cm³/mol. The summed E-state index contributed by atoms with van der Waals surface area (Å²) in [6.07, 6.45) is 0.568. The minimum absolute atomic E-state index is 0. The number of rotatable bonds is 6. The molecule has 1 aliphatic heterocycles. The molecule has 1 atom stereocenters. The van der Waals surface area contributed by atoms with Crippen molar-refractivity contribution in [1.82, 2.24) is 10.6 Å². The molecule has 1 aromatic carbocycles. The smallest absolute Gasteiger partial charge is 0.239 e. The fourth-order valence-corrected chi connectivity index (χ4v) is 2.78. The van der Waals surface area contributed by atoms with Crippen LogP contribution in [0.2, 0.25) is 0 Å². The van der Waals surface area contributed by atoms with E-state index in [9.17, 15) is 9.59 Å². The highest BCUT2D eigenvalue weighted by Gasteiger charge is 2.37. The lowest BCUT2D eigenvalue weighted by atomic mass is 10.1. The molecular weight excluding hydrogens is 370 g/mol. The summed E-state index contributed by atoms with van der Waals surface area (Å²) in [7, 11) is 0. The Balaban J connectivity index is 0.00000242. The van der Waals surface area contributed by atoms with Gasteiger partial charge in [-0.1, -0.05) is 28.9 Å². The van der Waals surface area contributed by atoms with Crippen molar-refractivity contribution >= 4 is 45.8 Å². The van der Waals surface area contributed by atoms with Crippen LogP contribution in [0.4, 0.5) is 5.69 Å². The van der Waals surface area contributed by atoms with E-state index in [0.29, 0.717) is 19.5 Å². The number of nitrogens with zero attached hydrogens (tertiary/aromatic N) is 1. The van der Waals surface area contributed by atoms with Crippen LogP contribution in [0.3, 0.4) is 0 Å². The minimum atomic E-state index is -0.564. The van der Waals surface area contributed by atoms with Gasteiger partial charge in [-0.25, -0.2) is 0 Å². The van der Waals surface area contributed by atoms with Crippen molar-refractivity contribution in [2.24, 2.45) is 5.92 Å². The number of carbonyl (C=O) groups is 2. The molecule has 0 aliphatic carbocycles. The zero-order valence-electron chi connectivity index (χ0n) is 12.5. The molecule has 2 N–H and O–H groups in total. The number of nitrogens with one attached hydrogen (secondary N) is 2. The summed E-state index contributed by atoms with van der Waals surface area (Å²) in [5, 5.41) is 5.95. The number of likely N-dealkylation sites (N-methyl/N-ethyl adjacent to an activating group) is 1. The Morgan fingerprint density at radius 2 is 2.18 bits per heavy atom. The Labute approximate surface area is 145 Å². The molecule has 2 amide bonds. The van der Waals surface area contributed by atoms with Crippen LogP contribution >= 0.6 is 28.3 Å². The van der Waals surface area contributed by atoms with Crippen LogP contribution in [0.15, 0.2) is 28.7 Å². The van der Waals surface area contributed by atoms with Crippen LogP contribution < -0.4 is 15.5 Å². The second kappa shape index (κ2) is 9.12. The lowest BCUT2D eigenvalue weighted by Crippen LogP contribution is -2.39. The highest BCUT2D eigenvalue weighted by atomic mass is 79.9. The van der Waals surface area contributed by atoms with E-state index >= 15 is 0 Å². The Bertz CT molecular complexity index is 527. The molecule has 1 unspecified atom stereocenters. The van der Waals surface area contributed by atoms with Gasteiger partial charge in [0.25, 0.3) is 0 Å². The third kappa shape index (κ3) is 4.69. The fourth-order valence-electron chi connectivity index (χ4n) is 2.40. The van der Waals surface area contributed by atoms with Gasteiger partial charge < -0.3 is 15.5 Å². The summed E-state index contributed by atoms with van der Waals surface area (Å²) < 4.78 is 0.923. The molecule has 2 rings (SSSR count). The van der Waals surface area contributed by atoms with Crippen LogP contribution in [-0.4, -0.2) is 38.0 Å². The quantitative estimate of drug-likeness (QED) is 0.576. The summed E-state index contributed by atoms with van der Waals surface area (Å²) in [5.74, 6) is -0.852. The van der Waals surface area contributed by atoms with Gasteiger partial charge in [0.1, 0.15) is 5.92 Å². The van der Waals surface area contributed by atoms with Gasteiger partial charge in [-0.15, -0.1) is 12.4 Å². The first kappa shape index (κ1) is 18.9. The van der Waals surface area contributed by atoms with Crippen molar-refractivity contribution in [3.05, 3.63) is 28.7 Å². The molecule has 0 saturated carbocycles. The Kier molecular flexibility index (Phi) is 7.85. The number of anilines is 1. The van der Waals surface area contributed by atoms with Crippen LogP contribution in [0.1, 0.15) is 13.3 Å². The molecular formula is C15H21BrClN3O2. The molecule has 1 aromatic rings. The number of hydrogen-bond donors (Lipinski definition) is 2. The minimum Gasteiger partial charge on any atom is -0.354 e. The molecule has 22 heavy (non-hydrogen) atoms. The highest BCUT2D eigenvalue weighted by Crippen LogP contribution is 2.27. The molecule has 7 heteroatoms. The normalized spacial score (nSPS) is 17.3. The second-order valence-corrected chi connectivity index (χ2v) is 5.87. The molecule has 0 spiro atoms. The van der Waals surface area contributed by atoms with E-state index in [1.54, 1.807) is 4.90 Å². The lowest BCUT2D eigenvalue weighted by Gasteiger charge is -2.17. The molecule has 0 bridgehead atoms. The van der Waals surface area contributed by atoms with Gasteiger partial charge in [0, 0.05) is 29.8 Å². The molecule has 1 heterocycles. The predicted octanol–water partition coefficient (Wildman–Crippen LogP) is 1.95.